The van der Waals surface area contributed by atoms with Gasteiger partial charge in [0.1, 0.15) is 0 Å². The normalized spacial score (nSPS) is 14.8. The van der Waals surface area contributed by atoms with Crippen LogP contribution in [0.3, 0.4) is 0 Å². The Morgan fingerprint density at radius 1 is 1.14 bits per heavy atom. The summed E-state index contributed by atoms with van der Waals surface area (Å²) in [5.41, 5.74) is 0.179. The fraction of sp³-hybridized carbons (Fsp3) is 1.00. The minimum Gasteiger partial charge on any atom is -0.392 e. The average molecular weight is 202 g/mol. The van der Waals surface area contributed by atoms with Crippen molar-refractivity contribution in [1.82, 2.24) is 10.6 Å². The maximum Gasteiger partial charge on any atom is 0.0687 e. The van der Waals surface area contributed by atoms with Crippen LogP contribution in [0.25, 0.3) is 0 Å². The van der Waals surface area contributed by atoms with E-state index in [9.17, 15) is 5.11 Å². The molecule has 0 rings (SSSR count). The Balaban J connectivity index is 3.30. The Morgan fingerprint density at radius 3 is 2.14 bits per heavy atom. The number of hydrogen-bond donors (Lipinski definition) is 3. The first-order valence-electron chi connectivity index (χ1n) is 5.47. The number of aliphatic hydroxyl groups excluding tert-OH is 1. The van der Waals surface area contributed by atoms with E-state index in [2.05, 4.69) is 31.4 Å². The van der Waals surface area contributed by atoms with E-state index < -0.39 is 0 Å². The predicted octanol–water partition coefficient (Wildman–Crippen LogP) is 0.981. The van der Waals surface area contributed by atoms with Crippen LogP contribution < -0.4 is 10.6 Å². The highest BCUT2D eigenvalue weighted by molar-refractivity contribution is 4.71. The van der Waals surface area contributed by atoms with Gasteiger partial charge in [-0.15, -0.1) is 0 Å². The average Bonchev–Trinajstić information content (AvgIpc) is 2.01. The molecule has 0 bridgehead atoms. The van der Waals surface area contributed by atoms with Crippen LogP contribution in [-0.4, -0.2) is 36.4 Å². The zero-order chi connectivity index (χ0) is 11.2. The lowest BCUT2D eigenvalue weighted by molar-refractivity contribution is 0.124. The highest BCUT2D eigenvalue weighted by Gasteiger charge is 2.09. The largest absolute Gasteiger partial charge is 0.392 e. The minimum absolute atomic E-state index is 0.179. The third-order valence-corrected chi connectivity index (χ3v) is 2.08. The van der Waals surface area contributed by atoms with E-state index in [1.54, 1.807) is 0 Å². The number of rotatable bonds is 6. The topological polar surface area (TPSA) is 44.3 Å². The van der Waals surface area contributed by atoms with Gasteiger partial charge in [-0.25, -0.2) is 0 Å². The quantitative estimate of drug-likeness (QED) is 0.563. The molecule has 0 spiro atoms. The molecule has 0 aliphatic carbocycles. The van der Waals surface area contributed by atoms with Gasteiger partial charge in [-0.2, -0.15) is 0 Å². The van der Waals surface area contributed by atoms with Crippen molar-refractivity contribution >= 4 is 0 Å². The summed E-state index contributed by atoms with van der Waals surface area (Å²) in [7, 11) is 0. The molecular formula is C11H26N2O. The molecule has 0 saturated carbocycles. The Hall–Kier alpha value is -0.120. The molecule has 3 heteroatoms. The number of aliphatic hydroxyl groups is 1. The van der Waals surface area contributed by atoms with Crippen LogP contribution in [0, 0.1) is 5.92 Å². The van der Waals surface area contributed by atoms with Gasteiger partial charge in [0.15, 0.2) is 0 Å². The fourth-order valence-electron chi connectivity index (χ4n) is 1.01. The molecule has 14 heavy (non-hydrogen) atoms. The maximum atomic E-state index is 9.50. The summed E-state index contributed by atoms with van der Waals surface area (Å²) >= 11 is 0. The van der Waals surface area contributed by atoms with E-state index in [0.29, 0.717) is 12.5 Å². The molecule has 0 saturated heterocycles. The minimum atomic E-state index is -0.232. The second-order valence-electron chi connectivity index (χ2n) is 5.19. The molecule has 1 atom stereocenters. The summed E-state index contributed by atoms with van der Waals surface area (Å²) < 4.78 is 0. The molecule has 0 amide bonds. The van der Waals surface area contributed by atoms with Crippen LogP contribution in [0.5, 0.6) is 0 Å². The lowest BCUT2D eigenvalue weighted by Gasteiger charge is -2.21. The molecule has 0 heterocycles. The molecule has 0 aromatic rings. The van der Waals surface area contributed by atoms with E-state index in [-0.39, 0.29) is 11.6 Å². The molecule has 1 unspecified atom stereocenters. The summed E-state index contributed by atoms with van der Waals surface area (Å²) in [4.78, 5) is 0. The molecule has 3 nitrogen and oxygen atoms in total. The van der Waals surface area contributed by atoms with E-state index in [0.717, 1.165) is 13.1 Å². The van der Waals surface area contributed by atoms with Gasteiger partial charge in [0.05, 0.1) is 6.10 Å². The van der Waals surface area contributed by atoms with Crippen LogP contribution in [0.2, 0.25) is 0 Å². The summed E-state index contributed by atoms with van der Waals surface area (Å²) in [6, 6.07) is 0. The highest BCUT2D eigenvalue weighted by Crippen LogP contribution is 1.99. The van der Waals surface area contributed by atoms with Crippen molar-refractivity contribution in [3.05, 3.63) is 0 Å². The van der Waals surface area contributed by atoms with Crippen molar-refractivity contribution in [1.29, 1.82) is 0 Å². The smallest absolute Gasteiger partial charge is 0.0687 e. The molecule has 0 fully saturated rings. The van der Waals surface area contributed by atoms with Crippen molar-refractivity contribution in [3.8, 4) is 0 Å². The molecule has 0 aromatic heterocycles. The zero-order valence-electron chi connectivity index (χ0n) is 10.2. The van der Waals surface area contributed by atoms with E-state index >= 15 is 0 Å². The second kappa shape index (κ2) is 6.38. The van der Waals surface area contributed by atoms with E-state index in [1.165, 1.54) is 0 Å². The van der Waals surface area contributed by atoms with Gasteiger partial charge in [0.25, 0.3) is 0 Å². The molecule has 0 aliphatic rings. The van der Waals surface area contributed by atoms with Crippen molar-refractivity contribution in [2.75, 3.05) is 19.6 Å². The zero-order valence-corrected chi connectivity index (χ0v) is 10.2. The molecule has 3 N–H and O–H groups in total. The molecule has 0 aliphatic heterocycles. The first-order chi connectivity index (χ1) is 6.33. The van der Waals surface area contributed by atoms with Gasteiger partial charge in [0, 0.05) is 25.2 Å². The Kier molecular flexibility index (Phi) is 6.33. The summed E-state index contributed by atoms with van der Waals surface area (Å²) in [6.07, 6.45) is -0.232. The lowest BCUT2D eigenvalue weighted by Crippen LogP contribution is -2.41. The highest BCUT2D eigenvalue weighted by atomic mass is 16.3. The lowest BCUT2D eigenvalue weighted by atomic mass is 10.1. The number of hydrogen-bond acceptors (Lipinski definition) is 3. The van der Waals surface area contributed by atoms with E-state index in [4.69, 9.17) is 0 Å². The van der Waals surface area contributed by atoms with Crippen LogP contribution in [-0.2, 0) is 0 Å². The molecular weight excluding hydrogens is 176 g/mol. The first-order valence-corrected chi connectivity index (χ1v) is 5.47. The fourth-order valence-corrected chi connectivity index (χ4v) is 1.01. The monoisotopic (exact) mass is 202 g/mol. The van der Waals surface area contributed by atoms with Crippen molar-refractivity contribution < 1.29 is 5.11 Å². The third-order valence-electron chi connectivity index (χ3n) is 2.08. The SMILES string of the molecule is CC(C)C(O)CNCCNC(C)(C)C. The molecule has 0 radical (unpaired) electrons. The van der Waals surface area contributed by atoms with Crippen molar-refractivity contribution in [2.45, 2.75) is 46.3 Å². The summed E-state index contributed by atoms with van der Waals surface area (Å²) in [6.45, 7) is 13.0. The van der Waals surface area contributed by atoms with Gasteiger partial charge in [-0.3, -0.25) is 0 Å². The Morgan fingerprint density at radius 2 is 1.71 bits per heavy atom. The van der Waals surface area contributed by atoms with Gasteiger partial charge >= 0.3 is 0 Å². The Bertz CT molecular complexity index is 141. The predicted molar refractivity (Wildman–Crippen MR) is 61.5 cm³/mol. The van der Waals surface area contributed by atoms with E-state index in [1.807, 2.05) is 13.8 Å². The van der Waals surface area contributed by atoms with Crippen LogP contribution in [0.15, 0.2) is 0 Å². The molecule has 86 valence electrons. The standard InChI is InChI=1S/C11H26N2O/c1-9(2)10(14)8-12-6-7-13-11(3,4)5/h9-10,12-14H,6-8H2,1-5H3. The van der Waals surface area contributed by atoms with Gasteiger partial charge in [-0.1, -0.05) is 13.8 Å². The van der Waals surface area contributed by atoms with Crippen molar-refractivity contribution in [2.24, 2.45) is 5.92 Å². The Labute approximate surface area is 88.3 Å². The molecule has 0 aromatic carbocycles. The first kappa shape index (κ1) is 13.9. The van der Waals surface area contributed by atoms with Gasteiger partial charge in [0.2, 0.25) is 0 Å². The summed E-state index contributed by atoms with van der Waals surface area (Å²) in [5, 5.41) is 16.1. The van der Waals surface area contributed by atoms with Crippen molar-refractivity contribution in [3.63, 3.8) is 0 Å². The van der Waals surface area contributed by atoms with Gasteiger partial charge in [-0.05, 0) is 26.7 Å². The summed E-state index contributed by atoms with van der Waals surface area (Å²) in [5.74, 6) is 0.332. The van der Waals surface area contributed by atoms with Crippen LogP contribution in [0.1, 0.15) is 34.6 Å². The van der Waals surface area contributed by atoms with Crippen LogP contribution in [0.4, 0.5) is 0 Å². The number of nitrogens with one attached hydrogen (secondary N) is 2. The second-order valence-corrected chi connectivity index (χ2v) is 5.19. The van der Waals surface area contributed by atoms with Gasteiger partial charge < -0.3 is 15.7 Å². The van der Waals surface area contributed by atoms with Crippen LogP contribution >= 0.6 is 0 Å². The maximum absolute atomic E-state index is 9.50. The third kappa shape index (κ3) is 8.48.